The van der Waals surface area contributed by atoms with Gasteiger partial charge in [0.2, 0.25) is 0 Å². The second-order valence-corrected chi connectivity index (χ2v) is 5.22. The summed E-state index contributed by atoms with van der Waals surface area (Å²) in [5.74, 6) is 0. The molecule has 1 aromatic rings. The van der Waals surface area contributed by atoms with E-state index in [0.29, 0.717) is 0 Å². The molecule has 1 N–H and O–H groups in total. The third kappa shape index (κ3) is 2.39. The van der Waals surface area contributed by atoms with Crippen LogP contribution in [-0.4, -0.2) is 22.7 Å². The lowest BCUT2D eigenvalue weighted by Gasteiger charge is -2.19. The van der Waals surface area contributed by atoms with Crippen molar-refractivity contribution in [3.63, 3.8) is 0 Å². The third-order valence-corrected chi connectivity index (χ3v) is 2.86. The van der Waals surface area contributed by atoms with E-state index >= 15 is 0 Å². The highest BCUT2D eigenvalue weighted by atomic mass is 16.3. The summed E-state index contributed by atoms with van der Waals surface area (Å²) >= 11 is 0. The Bertz CT molecular complexity index is 365. The molecule has 15 heavy (non-hydrogen) atoms. The van der Waals surface area contributed by atoms with Gasteiger partial charge in [-0.25, -0.2) is 0 Å². The molecular weight excluding hydrogens is 186 g/mol. The number of fused-ring (bicyclic) bond motifs is 1. The average molecular weight is 205 g/mol. The molecule has 1 aliphatic heterocycles. The molecule has 0 radical (unpaired) electrons. The Kier molecular flexibility index (Phi) is 2.57. The van der Waals surface area contributed by atoms with Crippen molar-refractivity contribution in [1.29, 1.82) is 0 Å². The maximum Gasteiger partial charge on any atom is 0.0632 e. The number of rotatable bonds is 2. The van der Waals surface area contributed by atoms with Crippen molar-refractivity contribution in [2.45, 2.75) is 39.0 Å². The maximum atomic E-state index is 9.85. The normalized spacial score (nSPS) is 16.8. The molecule has 0 spiro atoms. The van der Waals surface area contributed by atoms with Gasteiger partial charge in [0, 0.05) is 19.5 Å². The van der Waals surface area contributed by atoms with Crippen molar-refractivity contribution in [2.24, 2.45) is 0 Å². The Labute approximate surface area is 91.5 Å². The molecular formula is C13H19NO. The Hall–Kier alpha value is -0.860. The van der Waals surface area contributed by atoms with Crippen LogP contribution in [0.1, 0.15) is 30.5 Å². The molecule has 0 aliphatic carbocycles. The fourth-order valence-corrected chi connectivity index (χ4v) is 2.29. The lowest BCUT2D eigenvalue weighted by molar-refractivity contribution is 0.0807. The van der Waals surface area contributed by atoms with Crippen LogP contribution in [0.2, 0.25) is 0 Å². The van der Waals surface area contributed by atoms with Crippen LogP contribution < -0.4 is 0 Å². The van der Waals surface area contributed by atoms with Crippen LogP contribution in [-0.2, 0) is 19.5 Å². The average Bonchev–Trinajstić information content (AvgIpc) is 2.43. The Balaban J connectivity index is 2.31. The van der Waals surface area contributed by atoms with E-state index in [1.807, 2.05) is 13.8 Å². The standard InChI is InChI=1S/C13H19NO/c1-13(2,15)7-10-5-4-6-11-8-14(3)9-12(10)11/h4-6,15H,7-9H2,1-3H3. The van der Waals surface area contributed by atoms with Crippen LogP contribution in [0.3, 0.4) is 0 Å². The Morgan fingerprint density at radius 1 is 1.33 bits per heavy atom. The van der Waals surface area contributed by atoms with Crippen LogP contribution in [0.15, 0.2) is 18.2 Å². The molecule has 0 saturated carbocycles. The molecule has 1 aliphatic rings. The second kappa shape index (κ2) is 3.62. The fourth-order valence-electron chi connectivity index (χ4n) is 2.29. The number of nitrogens with zero attached hydrogens (tertiary/aromatic N) is 1. The number of hydrogen-bond acceptors (Lipinski definition) is 2. The summed E-state index contributed by atoms with van der Waals surface area (Å²) < 4.78 is 0. The van der Waals surface area contributed by atoms with Gasteiger partial charge in [-0.2, -0.15) is 0 Å². The highest BCUT2D eigenvalue weighted by molar-refractivity contribution is 5.38. The molecule has 0 amide bonds. The molecule has 2 rings (SSSR count). The van der Waals surface area contributed by atoms with Crippen LogP contribution in [0.5, 0.6) is 0 Å². The van der Waals surface area contributed by atoms with E-state index in [1.165, 1.54) is 16.7 Å². The topological polar surface area (TPSA) is 23.5 Å². The van der Waals surface area contributed by atoms with Crippen LogP contribution in [0, 0.1) is 0 Å². The zero-order chi connectivity index (χ0) is 11.1. The van der Waals surface area contributed by atoms with Gasteiger partial charge in [-0.1, -0.05) is 18.2 Å². The zero-order valence-electron chi connectivity index (χ0n) is 9.75. The van der Waals surface area contributed by atoms with Gasteiger partial charge in [0.15, 0.2) is 0 Å². The monoisotopic (exact) mass is 205 g/mol. The molecule has 2 nitrogen and oxygen atoms in total. The second-order valence-electron chi connectivity index (χ2n) is 5.22. The van der Waals surface area contributed by atoms with Crippen molar-refractivity contribution in [3.8, 4) is 0 Å². The summed E-state index contributed by atoms with van der Waals surface area (Å²) in [6, 6.07) is 6.42. The van der Waals surface area contributed by atoms with Gasteiger partial charge in [-0.05, 0) is 37.6 Å². The third-order valence-electron chi connectivity index (χ3n) is 2.86. The lowest BCUT2D eigenvalue weighted by Crippen LogP contribution is -2.22. The smallest absolute Gasteiger partial charge is 0.0632 e. The predicted molar refractivity (Wildman–Crippen MR) is 61.6 cm³/mol. The van der Waals surface area contributed by atoms with Gasteiger partial charge in [0.05, 0.1) is 5.60 Å². The number of hydrogen-bond donors (Lipinski definition) is 1. The molecule has 0 fully saturated rings. The summed E-state index contributed by atoms with van der Waals surface area (Å²) in [5.41, 5.74) is 3.52. The van der Waals surface area contributed by atoms with Gasteiger partial charge in [0.1, 0.15) is 0 Å². The molecule has 0 atom stereocenters. The largest absolute Gasteiger partial charge is 0.390 e. The number of aliphatic hydroxyl groups is 1. The Morgan fingerprint density at radius 2 is 2.07 bits per heavy atom. The van der Waals surface area contributed by atoms with Crippen molar-refractivity contribution < 1.29 is 5.11 Å². The van der Waals surface area contributed by atoms with E-state index in [1.54, 1.807) is 0 Å². The van der Waals surface area contributed by atoms with Gasteiger partial charge in [0.25, 0.3) is 0 Å². The van der Waals surface area contributed by atoms with E-state index in [4.69, 9.17) is 0 Å². The molecule has 1 aromatic carbocycles. The van der Waals surface area contributed by atoms with Crippen molar-refractivity contribution in [3.05, 3.63) is 34.9 Å². The SMILES string of the molecule is CN1Cc2cccc(CC(C)(C)O)c2C1. The summed E-state index contributed by atoms with van der Waals surface area (Å²) in [6.45, 7) is 5.78. The molecule has 1 heterocycles. The summed E-state index contributed by atoms with van der Waals surface area (Å²) in [7, 11) is 2.13. The highest BCUT2D eigenvalue weighted by Crippen LogP contribution is 2.27. The van der Waals surface area contributed by atoms with Crippen molar-refractivity contribution in [2.75, 3.05) is 7.05 Å². The van der Waals surface area contributed by atoms with Gasteiger partial charge in [-0.15, -0.1) is 0 Å². The predicted octanol–water partition coefficient (Wildman–Crippen LogP) is 1.95. The quantitative estimate of drug-likeness (QED) is 0.797. The first-order valence-corrected chi connectivity index (χ1v) is 5.46. The summed E-state index contributed by atoms with van der Waals surface area (Å²) in [5, 5.41) is 9.85. The van der Waals surface area contributed by atoms with E-state index in [-0.39, 0.29) is 0 Å². The van der Waals surface area contributed by atoms with Crippen LogP contribution >= 0.6 is 0 Å². The van der Waals surface area contributed by atoms with Crippen LogP contribution in [0.4, 0.5) is 0 Å². The van der Waals surface area contributed by atoms with Gasteiger partial charge < -0.3 is 5.11 Å². The van der Waals surface area contributed by atoms with Gasteiger partial charge >= 0.3 is 0 Å². The summed E-state index contributed by atoms with van der Waals surface area (Å²) in [4.78, 5) is 2.30. The molecule has 0 bridgehead atoms. The fraction of sp³-hybridized carbons (Fsp3) is 0.538. The van der Waals surface area contributed by atoms with Crippen molar-refractivity contribution >= 4 is 0 Å². The zero-order valence-corrected chi connectivity index (χ0v) is 9.75. The lowest BCUT2D eigenvalue weighted by atomic mass is 9.93. The van der Waals surface area contributed by atoms with Crippen molar-refractivity contribution in [1.82, 2.24) is 4.90 Å². The first kappa shape index (κ1) is 10.7. The van der Waals surface area contributed by atoms with E-state index in [0.717, 1.165) is 19.5 Å². The van der Waals surface area contributed by atoms with E-state index < -0.39 is 5.60 Å². The molecule has 82 valence electrons. The van der Waals surface area contributed by atoms with Gasteiger partial charge in [-0.3, -0.25) is 4.90 Å². The molecule has 0 saturated heterocycles. The maximum absolute atomic E-state index is 9.85. The molecule has 0 aromatic heterocycles. The molecule has 0 unspecified atom stereocenters. The minimum absolute atomic E-state index is 0.615. The first-order valence-electron chi connectivity index (χ1n) is 5.46. The van der Waals surface area contributed by atoms with E-state index in [2.05, 4.69) is 30.1 Å². The first-order chi connectivity index (χ1) is 6.96. The minimum atomic E-state index is -0.615. The minimum Gasteiger partial charge on any atom is -0.390 e. The summed E-state index contributed by atoms with van der Waals surface area (Å²) in [6.07, 6.45) is 0.740. The molecule has 2 heteroatoms. The highest BCUT2D eigenvalue weighted by Gasteiger charge is 2.21. The van der Waals surface area contributed by atoms with E-state index in [9.17, 15) is 5.11 Å². The van der Waals surface area contributed by atoms with Crippen LogP contribution in [0.25, 0.3) is 0 Å². The number of benzene rings is 1. The Morgan fingerprint density at radius 3 is 2.73 bits per heavy atom.